The Hall–Kier alpha value is -2.79. The number of hydrogen-bond acceptors (Lipinski definition) is 3. The van der Waals surface area contributed by atoms with E-state index in [0.717, 1.165) is 41.5 Å². The maximum Gasteiger partial charge on any atom is 0.257 e. The predicted molar refractivity (Wildman–Crippen MR) is 117 cm³/mol. The average Bonchev–Trinajstić information content (AvgIpc) is 3.17. The Morgan fingerprint density at radius 2 is 1.69 bits per heavy atom. The zero-order valence-corrected chi connectivity index (χ0v) is 17.3. The summed E-state index contributed by atoms with van der Waals surface area (Å²) in [5.41, 5.74) is 3.92. The summed E-state index contributed by atoms with van der Waals surface area (Å²) in [4.78, 5) is 17.4. The number of carbonyl (C=O) groups is 1. The Balaban J connectivity index is 1.46. The Kier molecular flexibility index (Phi) is 5.86. The number of benzene rings is 2. The van der Waals surface area contributed by atoms with E-state index in [4.69, 9.17) is 11.6 Å². The average molecular weight is 409 g/mol. The normalized spacial score (nSPS) is 14.3. The molecule has 0 aliphatic carbocycles. The number of para-hydroxylation sites is 1. The zero-order chi connectivity index (χ0) is 20.2. The van der Waals surface area contributed by atoms with E-state index in [9.17, 15) is 4.79 Å². The molecule has 0 spiro atoms. The summed E-state index contributed by atoms with van der Waals surface area (Å²) in [5.74, 6) is 0.0694. The van der Waals surface area contributed by atoms with Gasteiger partial charge in [0.15, 0.2) is 0 Å². The molecule has 3 aromatic rings. The Morgan fingerprint density at radius 1 is 1.00 bits per heavy atom. The maximum atomic E-state index is 13.2. The van der Waals surface area contributed by atoms with Crippen LogP contribution in [0, 0.1) is 0 Å². The van der Waals surface area contributed by atoms with Crippen LogP contribution < -0.4 is 4.90 Å². The Morgan fingerprint density at radius 3 is 2.38 bits per heavy atom. The summed E-state index contributed by atoms with van der Waals surface area (Å²) in [6, 6.07) is 18.1. The van der Waals surface area contributed by atoms with Crippen LogP contribution in [-0.2, 0) is 13.0 Å². The van der Waals surface area contributed by atoms with E-state index in [-0.39, 0.29) is 5.91 Å². The third kappa shape index (κ3) is 4.15. The van der Waals surface area contributed by atoms with Crippen molar-refractivity contribution in [2.45, 2.75) is 19.9 Å². The van der Waals surface area contributed by atoms with E-state index >= 15 is 0 Å². The fraction of sp³-hybridized carbons (Fsp3) is 0.304. The molecular weight excluding hydrogens is 384 g/mol. The molecule has 1 saturated heterocycles. The largest absolute Gasteiger partial charge is 0.367 e. The van der Waals surface area contributed by atoms with Crippen molar-refractivity contribution in [1.29, 1.82) is 0 Å². The Labute approximate surface area is 176 Å². The van der Waals surface area contributed by atoms with Crippen LogP contribution in [0.1, 0.15) is 28.5 Å². The fourth-order valence-electron chi connectivity index (χ4n) is 3.88. The molecule has 0 N–H and O–H groups in total. The minimum atomic E-state index is 0.0694. The molecule has 1 aliphatic rings. The molecule has 6 heteroatoms. The van der Waals surface area contributed by atoms with E-state index in [1.165, 1.54) is 5.56 Å². The summed E-state index contributed by atoms with van der Waals surface area (Å²) in [5, 5.41) is 5.27. The molecule has 0 bridgehead atoms. The lowest BCUT2D eigenvalue weighted by Crippen LogP contribution is -2.49. The highest BCUT2D eigenvalue weighted by Gasteiger charge is 2.26. The molecule has 29 heavy (non-hydrogen) atoms. The monoisotopic (exact) mass is 408 g/mol. The quantitative estimate of drug-likeness (QED) is 0.638. The van der Waals surface area contributed by atoms with Crippen molar-refractivity contribution in [2.24, 2.45) is 0 Å². The van der Waals surface area contributed by atoms with Crippen molar-refractivity contribution in [3.05, 3.63) is 82.6 Å². The van der Waals surface area contributed by atoms with Crippen LogP contribution in [0.15, 0.2) is 60.8 Å². The lowest BCUT2D eigenvalue weighted by atomic mass is 10.1. The lowest BCUT2D eigenvalue weighted by molar-refractivity contribution is 0.0745. The van der Waals surface area contributed by atoms with Crippen LogP contribution in [-0.4, -0.2) is 46.8 Å². The number of carbonyl (C=O) groups excluding carboxylic acids is 1. The minimum Gasteiger partial charge on any atom is -0.367 e. The van der Waals surface area contributed by atoms with E-state index in [1.807, 2.05) is 52.0 Å². The van der Waals surface area contributed by atoms with Crippen molar-refractivity contribution >= 4 is 23.2 Å². The maximum absolute atomic E-state index is 13.2. The molecule has 2 heterocycles. The van der Waals surface area contributed by atoms with E-state index in [0.29, 0.717) is 19.6 Å². The molecule has 0 atom stereocenters. The van der Waals surface area contributed by atoms with E-state index in [2.05, 4.69) is 29.1 Å². The SMILES string of the molecule is CCc1c(C(=O)N2CCN(c3ccccc3Cl)CC2)cnn1Cc1ccccc1. The van der Waals surface area contributed by atoms with Gasteiger partial charge in [-0.05, 0) is 24.1 Å². The van der Waals surface area contributed by atoms with Crippen molar-refractivity contribution in [2.75, 3.05) is 31.1 Å². The van der Waals surface area contributed by atoms with Gasteiger partial charge in [-0.2, -0.15) is 5.10 Å². The first-order valence-electron chi connectivity index (χ1n) is 10.0. The van der Waals surface area contributed by atoms with Crippen LogP contribution in [0.4, 0.5) is 5.69 Å². The van der Waals surface area contributed by atoms with E-state index < -0.39 is 0 Å². The standard InChI is InChI=1S/C23H25ClN4O/c1-2-21-19(16-25-28(21)17-18-8-4-3-5-9-18)23(29)27-14-12-26(13-15-27)22-11-7-6-10-20(22)24/h3-11,16H,2,12-15,17H2,1H3. The van der Waals surface area contributed by atoms with Gasteiger partial charge in [-0.25, -0.2) is 0 Å². The topological polar surface area (TPSA) is 41.4 Å². The summed E-state index contributed by atoms with van der Waals surface area (Å²) < 4.78 is 1.95. The molecular formula is C23H25ClN4O. The van der Waals surface area contributed by atoms with Crippen LogP contribution in [0.3, 0.4) is 0 Å². The van der Waals surface area contributed by atoms with Gasteiger partial charge in [0.25, 0.3) is 5.91 Å². The Bertz CT molecular complexity index is 978. The van der Waals surface area contributed by atoms with Crippen LogP contribution in [0.2, 0.25) is 5.02 Å². The third-order valence-corrected chi connectivity index (χ3v) is 5.77. The predicted octanol–water partition coefficient (Wildman–Crippen LogP) is 4.11. The van der Waals surface area contributed by atoms with Crippen molar-refractivity contribution in [1.82, 2.24) is 14.7 Å². The van der Waals surface area contributed by atoms with Gasteiger partial charge in [0.2, 0.25) is 0 Å². The summed E-state index contributed by atoms with van der Waals surface area (Å²) in [6.07, 6.45) is 2.50. The number of nitrogens with zero attached hydrogens (tertiary/aromatic N) is 4. The highest BCUT2D eigenvalue weighted by atomic mass is 35.5. The summed E-state index contributed by atoms with van der Waals surface area (Å²) in [6.45, 7) is 5.65. The van der Waals surface area contributed by atoms with Gasteiger partial charge in [-0.3, -0.25) is 9.48 Å². The van der Waals surface area contributed by atoms with Crippen molar-refractivity contribution < 1.29 is 4.79 Å². The number of aromatic nitrogens is 2. The van der Waals surface area contributed by atoms with Crippen LogP contribution in [0.25, 0.3) is 0 Å². The first kappa shape index (κ1) is 19.5. The first-order valence-corrected chi connectivity index (χ1v) is 10.4. The number of anilines is 1. The molecule has 4 rings (SSSR count). The molecule has 1 aromatic heterocycles. The van der Waals surface area contributed by atoms with Crippen LogP contribution >= 0.6 is 11.6 Å². The number of piperazine rings is 1. The number of rotatable bonds is 5. The van der Waals surface area contributed by atoms with Crippen LogP contribution in [0.5, 0.6) is 0 Å². The van der Waals surface area contributed by atoms with Crippen molar-refractivity contribution in [3.63, 3.8) is 0 Å². The van der Waals surface area contributed by atoms with Crippen molar-refractivity contribution in [3.8, 4) is 0 Å². The number of halogens is 1. The van der Waals surface area contributed by atoms with Gasteiger partial charge in [-0.15, -0.1) is 0 Å². The first-order chi connectivity index (χ1) is 14.2. The van der Waals surface area contributed by atoms with Gasteiger partial charge in [-0.1, -0.05) is 61.0 Å². The lowest BCUT2D eigenvalue weighted by Gasteiger charge is -2.36. The minimum absolute atomic E-state index is 0.0694. The molecule has 0 radical (unpaired) electrons. The number of hydrogen-bond donors (Lipinski definition) is 0. The smallest absolute Gasteiger partial charge is 0.257 e. The molecule has 1 fully saturated rings. The van der Waals surface area contributed by atoms with Gasteiger partial charge < -0.3 is 9.80 Å². The zero-order valence-electron chi connectivity index (χ0n) is 16.6. The third-order valence-electron chi connectivity index (χ3n) is 5.45. The van der Waals surface area contributed by atoms with Gasteiger partial charge >= 0.3 is 0 Å². The highest BCUT2D eigenvalue weighted by molar-refractivity contribution is 6.33. The molecule has 5 nitrogen and oxygen atoms in total. The summed E-state index contributed by atoms with van der Waals surface area (Å²) in [7, 11) is 0. The molecule has 0 unspecified atom stereocenters. The molecule has 0 saturated carbocycles. The van der Waals surface area contributed by atoms with Gasteiger partial charge in [0.1, 0.15) is 0 Å². The summed E-state index contributed by atoms with van der Waals surface area (Å²) >= 11 is 6.33. The second-order valence-corrected chi connectivity index (χ2v) is 7.64. The molecule has 1 amide bonds. The van der Waals surface area contributed by atoms with Gasteiger partial charge in [0, 0.05) is 26.2 Å². The van der Waals surface area contributed by atoms with Gasteiger partial charge in [0.05, 0.1) is 34.7 Å². The highest BCUT2D eigenvalue weighted by Crippen LogP contribution is 2.26. The molecule has 2 aromatic carbocycles. The molecule has 1 aliphatic heterocycles. The second-order valence-electron chi connectivity index (χ2n) is 7.23. The fourth-order valence-corrected chi connectivity index (χ4v) is 4.14. The van der Waals surface area contributed by atoms with E-state index in [1.54, 1.807) is 6.20 Å². The molecule has 150 valence electrons. The second kappa shape index (κ2) is 8.70. The number of amides is 1.